The molecule has 1 amide bonds. The first-order valence-electron chi connectivity index (χ1n) is 6.80. The fourth-order valence-corrected chi connectivity index (χ4v) is 2.58. The van der Waals surface area contributed by atoms with Gasteiger partial charge in [-0.2, -0.15) is 0 Å². The molecule has 1 aliphatic rings. The molecule has 2 aromatic rings. The number of rotatable bonds is 4. The van der Waals surface area contributed by atoms with Crippen LogP contribution < -0.4 is 9.64 Å². The van der Waals surface area contributed by atoms with E-state index in [4.69, 9.17) is 16.3 Å². The largest absolute Gasteiger partial charge is 0.456 e. The number of ether oxygens (including phenoxy) is 1. The van der Waals surface area contributed by atoms with E-state index in [0.29, 0.717) is 30.3 Å². The van der Waals surface area contributed by atoms with Crippen LogP contribution in [-0.4, -0.2) is 23.3 Å². The smallest absolute Gasteiger partial charge is 0.227 e. The van der Waals surface area contributed by atoms with E-state index in [1.165, 1.54) is 0 Å². The SMILES string of the molecule is O=C1CC(CCl)CN1c1ccc(Oc2cccnc2)cc1. The second-order valence-electron chi connectivity index (χ2n) is 5.01. The van der Waals surface area contributed by atoms with Crippen molar-refractivity contribution >= 4 is 23.2 Å². The molecule has 5 heteroatoms. The van der Waals surface area contributed by atoms with Gasteiger partial charge in [0.25, 0.3) is 0 Å². The number of carbonyl (C=O) groups is 1. The van der Waals surface area contributed by atoms with E-state index in [-0.39, 0.29) is 11.8 Å². The van der Waals surface area contributed by atoms with Crippen molar-refractivity contribution in [2.45, 2.75) is 6.42 Å². The molecule has 4 nitrogen and oxygen atoms in total. The molecule has 1 atom stereocenters. The van der Waals surface area contributed by atoms with Gasteiger partial charge in [-0.05, 0) is 42.3 Å². The van der Waals surface area contributed by atoms with E-state index in [1.54, 1.807) is 17.3 Å². The topological polar surface area (TPSA) is 42.4 Å². The second kappa shape index (κ2) is 6.14. The molecule has 1 fully saturated rings. The van der Waals surface area contributed by atoms with Gasteiger partial charge in [0, 0.05) is 30.7 Å². The molecule has 1 aliphatic heterocycles. The van der Waals surface area contributed by atoms with Crippen LogP contribution in [0.4, 0.5) is 5.69 Å². The normalized spacial score (nSPS) is 18.0. The van der Waals surface area contributed by atoms with E-state index >= 15 is 0 Å². The number of hydrogen-bond donors (Lipinski definition) is 0. The molecule has 2 heterocycles. The van der Waals surface area contributed by atoms with Crippen LogP contribution in [-0.2, 0) is 4.79 Å². The summed E-state index contributed by atoms with van der Waals surface area (Å²) in [6.45, 7) is 0.686. The van der Waals surface area contributed by atoms with Crippen LogP contribution in [0.15, 0.2) is 48.8 Å². The Morgan fingerprint density at radius 1 is 1.24 bits per heavy atom. The molecule has 0 saturated carbocycles. The number of hydrogen-bond acceptors (Lipinski definition) is 3. The molecule has 0 bridgehead atoms. The highest BCUT2D eigenvalue weighted by molar-refractivity contribution is 6.18. The Bertz CT molecular complexity index is 616. The lowest BCUT2D eigenvalue weighted by Gasteiger charge is -2.16. The zero-order chi connectivity index (χ0) is 14.7. The van der Waals surface area contributed by atoms with Gasteiger partial charge in [0.2, 0.25) is 5.91 Å². The Morgan fingerprint density at radius 2 is 2.05 bits per heavy atom. The lowest BCUT2D eigenvalue weighted by molar-refractivity contribution is -0.117. The first-order chi connectivity index (χ1) is 10.3. The molecule has 1 aromatic heterocycles. The van der Waals surface area contributed by atoms with Gasteiger partial charge in [0.1, 0.15) is 11.5 Å². The number of carbonyl (C=O) groups excluding carboxylic acids is 1. The Morgan fingerprint density at radius 3 is 2.67 bits per heavy atom. The van der Waals surface area contributed by atoms with Crippen LogP contribution in [0.2, 0.25) is 0 Å². The molecule has 0 spiro atoms. The summed E-state index contributed by atoms with van der Waals surface area (Å²) in [5.41, 5.74) is 0.881. The molecule has 1 aromatic carbocycles. The van der Waals surface area contributed by atoms with Crippen LogP contribution in [0.1, 0.15) is 6.42 Å². The van der Waals surface area contributed by atoms with Crippen LogP contribution in [0.25, 0.3) is 0 Å². The van der Waals surface area contributed by atoms with Gasteiger partial charge in [-0.1, -0.05) is 0 Å². The Kier molecular flexibility index (Phi) is 4.06. The van der Waals surface area contributed by atoms with Gasteiger partial charge in [-0.25, -0.2) is 0 Å². The summed E-state index contributed by atoms with van der Waals surface area (Å²) in [5, 5.41) is 0. The second-order valence-corrected chi connectivity index (χ2v) is 5.32. The minimum atomic E-state index is 0.126. The Labute approximate surface area is 128 Å². The zero-order valence-electron chi connectivity index (χ0n) is 11.4. The van der Waals surface area contributed by atoms with Crippen molar-refractivity contribution in [1.29, 1.82) is 0 Å². The van der Waals surface area contributed by atoms with Gasteiger partial charge in [0.05, 0.1) is 6.20 Å². The third kappa shape index (κ3) is 3.16. The van der Waals surface area contributed by atoms with E-state index < -0.39 is 0 Å². The molecule has 0 radical (unpaired) electrons. The lowest BCUT2D eigenvalue weighted by atomic mass is 10.1. The third-order valence-corrected chi connectivity index (χ3v) is 3.88. The van der Waals surface area contributed by atoms with Gasteiger partial charge >= 0.3 is 0 Å². The fourth-order valence-electron chi connectivity index (χ4n) is 2.37. The summed E-state index contributed by atoms with van der Waals surface area (Å²) < 4.78 is 5.68. The predicted molar refractivity (Wildman–Crippen MR) is 81.9 cm³/mol. The van der Waals surface area contributed by atoms with Gasteiger partial charge in [-0.15, -0.1) is 11.6 Å². The summed E-state index contributed by atoms with van der Waals surface area (Å²) in [4.78, 5) is 17.7. The monoisotopic (exact) mass is 302 g/mol. The van der Waals surface area contributed by atoms with E-state index in [1.807, 2.05) is 36.4 Å². The number of anilines is 1. The van der Waals surface area contributed by atoms with Crippen molar-refractivity contribution < 1.29 is 9.53 Å². The molecule has 108 valence electrons. The highest BCUT2D eigenvalue weighted by Gasteiger charge is 2.29. The van der Waals surface area contributed by atoms with Crippen molar-refractivity contribution in [2.75, 3.05) is 17.3 Å². The zero-order valence-corrected chi connectivity index (χ0v) is 12.2. The van der Waals surface area contributed by atoms with Crippen LogP contribution in [0.3, 0.4) is 0 Å². The number of halogens is 1. The summed E-state index contributed by atoms with van der Waals surface area (Å²) in [6.07, 6.45) is 3.88. The molecule has 1 unspecified atom stereocenters. The highest BCUT2D eigenvalue weighted by atomic mass is 35.5. The van der Waals surface area contributed by atoms with Crippen molar-refractivity contribution in [3.8, 4) is 11.5 Å². The number of alkyl halides is 1. The van der Waals surface area contributed by atoms with Crippen molar-refractivity contribution in [2.24, 2.45) is 5.92 Å². The van der Waals surface area contributed by atoms with Crippen molar-refractivity contribution in [3.63, 3.8) is 0 Å². The fraction of sp³-hybridized carbons (Fsp3) is 0.250. The summed E-state index contributed by atoms with van der Waals surface area (Å²) in [7, 11) is 0. The third-order valence-electron chi connectivity index (χ3n) is 3.44. The first kappa shape index (κ1) is 13.9. The van der Waals surface area contributed by atoms with E-state index in [2.05, 4.69) is 4.98 Å². The summed E-state index contributed by atoms with van der Waals surface area (Å²) >= 11 is 5.84. The quantitative estimate of drug-likeness (QED) is 0.812. The molecular weight excluding hydrogens is 288 g/mol. The standard InChI is InChI=1S/C16H15ClN2O2/c17-9-12-8-16(20)19(11-12)13-3-5-14(6-4-13)21-15-2-1-7-18-10-15/h1-7,10,12H,8-9,11H2. The van der Waals surface area contributed by atoms with E-state index in [9.17, 15) is 4.79 Å². The number of aromatic nitrogens is 1. The average molecular weight is 303 g/mol. The lowest BCUT2D eigenvalue weighted by Crippen LogP contribution is -2.24. The number of nitrogens with zero attached hydrogens (tertiary/aromatic N) is 2. The van der Waals surface area contributed by atoms with Crippen LogP contribution in [0, 0.1) is 5.92 Å². The Balaban J connectivity index is 1.71. The molecule has 1 saturated heterocycles. The van der Waals surface area contributed by atoms with Gasteiger partial charge < -0.3 is 9.64 Å². The molecular formula is C16H15ClN2O2. The van der Waals surface area contributed by atoms with E-state index in [0.717, 1.165) is 5.69 Å². The predicted octanol–water partition coefficient (Wildman–Crippen LogP) is 3.47. The van der Waals surface area contributed by atoms with Crippen molar-refractivity contribution in [1.82, 2.24) is 4.98 Å². The maximum Gasteiger partial charge on any atom is 0.227 e. The van der Waals surface area contributed by atoms with Crippen LogP contribution in [0.5, 0.6) is 11.5 Å². The molecule has 0 N–H and O–H groups in total. The number of benzene rings is 1. The highest BCUT2D eigenvalue weighted by Crippen LogP contribution is 2.28. The molecule has 3 rings (SSSR count). The first-order valence-corrected chi connectivity index (χ1v) is 7.34. The minimum Gasteiger partial charge on any atom is -0.456 e. The summed E-state index contributed by atoms with van der Waals surface area (Å²) in [5.74, 6) is 2.29. The van der Waals surface area contributed by atoms with Gasteiger partial charge in [0.15, 0.2) is 0 Å². The Hall–Kier alpha value is -2.07. The van der Waals surface area contributed by atoms with Gasteiger partial charge in [-0.3, -0.25) is 9.78 Å². The molecule has 0 aliphatic carbocycles. The number of amides is 1. The minimum absolute atomic E-state index is 0.126. The summed E-state index contributed by atoms with van der Waals surface area (Å²) in [6, 6.07) is 11.1. The average Bonchev–Trinajstić information content (AvgIpc) is 2.90. The number of pyridine rings is 1. The van der Waals surface area contributed by atoms with Crippen LogP contribution >= 0.6 is 11.6 Å². The van der Waals surface area contributed by atoms with Crippen molar-refractivity contribution in [3.05, 3.63) is 48.8 Å². The maximum atomic E-state index is 11.9. The maximum absolute atomic E-state index is 11.9. The molecule has 21 heavy (non-hydrogen) atoms.